The third-order valence-electron chi connectivity index (χ3n) is 3.65. The molecule has 1 aliphatic carbocycles. The predicted octanol–water partition coefficient (Wildman–Crippen LogP) is 4.69. The third kappa shape index (κ3) is 3.82. The molecule has 0 aromatic heterocycles. The largest absolute Gasteiger partial charge is 0.369 e. The smallest absolute Gasteiger partial charge is 0.0783 e. The fourth-order valence-corrected chi connectivity index (χ4v) is 3.22. The van der Waals surface area contributed by atoms with Crippen molar-refractivity contribution in [2.24, 2.45) is 0 Å². The van der Waals surface area contributed by atoms with Crippen molar-refractivity contribution in [1.82, 2.24) is 0 Å². The number of hydrogen-bond acceptors (Lipinski definition) is 1. The molecule has 0 atom stereocenters. The maximum atomic E-state index is 6.24. The Balaban J connectivity index is 1.94. The minimum Gasteiger partial charge on any atom is -0.369 e. The zero-order chi connectivity index (χ0) is 12.0. The van der Waals surface area contributed by atoms with Gasteiger partial charge in [0.1, 0.15) is 0 Å². The molecule has 0 amide bonds. The summed E-state index contributed by atoms with van der Waals surface area (Å²) in [7, 11) is 0. The van der Waals surface area contributed by atoms with Crippen LogP contribution in [-0.2, 0) is 11.3 Å². The first kappa shape index (κ1) is 13.1. The van der Waals surface area contributed by atoms with Crippen LogP contribution in [0.1, 0.15) is 44.1 Å². The van der Waals surface area contributed by atoms with Crippen LogP contribution in [0.3, 0.4) is 0 Å². The summed E-state index contributed by atoms with van der Waals surface area (Å²) in [6, 6.07) is 10.5. The minimum atomic E-state index is 0.0757. The molecule has 1 fully saturated rings. The van der Waals surface area contributed by atoms with Gasteiger partial charge in [0.2, 0.25) is 0 Å². The molecule has 1 saturated carbocycles. The lowest BCUT2D eigenvalue weighted by Crippen LogP contribution is -2.33. The molecule has 0 radical (unpaired) electrons. The van der Waals surface area contributed by atoms with Crippen molar-refractivity contribution in [2.45, 2.75) is 50.7 Å². The standard InChI is InChI=1S/C15H21BrO/c16-13-15(10-6-1-2-7-11-15)17-12-14-8-4-3-5-9-14/h3-5,8-9H,1-2,6-7,10-13H2. The fraction of sp³-hybridized carbons (Fsp3) is 0.600. The van der Waals surface area contributed by atoms with Crippen LogP contribution < -0.4 is 0 Å². The summed E-state index contributed by atoms with van der Waals surface area (Å²) in [6.07, 6.45) is 7.74. The average Bonchev–Trinajstić information content (AvgIpc) is 2.64. The number of hydrogen-bond donors (Lipinski definition) is 0. The summed E-state index contributed by atoms with van der Waals surface area (Å²) in [4.78, 5) is 0. The number of rotatable bonds is 4. The highest BCUT2D eigenvalue weighted by Gasteiger charge is 2.30. The number of ether oxygens (including phenoxy) is 1. The van der Waals surface area contributed by atoms with Crippen LogP contribution in [0.4, 0.5) is 0 Å². The number of alkyl halides is 1. The molecule has 0 N–H and O–H groups in total. The SMILES string of the molecule is BrCC1(OCc2ccccc2)CCCCCC1. The molecule has 2 heteroatoms. The maximum Gasteiger partial charge on any atom is 0.0783 e. The highest BCUT2D eigenvalue weighted by molar-refractivity contribution is 9.09. The molecular formula is C15H21BrO. The van der Waals surface area contributed by atoms with Gasteiger partial charge >= 0.3 is 0 Å². The van der Waals surface area contributed by atoms with Gasteiger partial charge in [-0.15, -0.1) is 0 Å². The Morgan fingerprint density at radius 2 is 1.65 bits per heavy atom. The van der Waals surface area contributed by atoms with Crippen LogP contribution in [0.2, 0.25) is 0 Å². The second kappa shape index (κ2) is 6.55. The van der Waals surface area contributed by atoms with Crippen molar-refractivity contribution in [3.05, 3.63) is 35.9 Å². The lowest BCUT2D eigenvalue weighted by molar-refractivity contribution is -0.0485. The molecular weight excluding hydrogens is 276 g/mol. The van der Waals surface area contributed by atoms with Gasteiger partial charge in [0, 0.05) is 5.33 Å². The van der Waals surface area contributed by atoms with Gasteiger partial charge in [0.05, 0.1) is 12.2 Å². The van der Waals surface area contributed by atoms with Crippen molar-refractivity contribution in [3.8, 4) is 0 Å². The second-order valence-electron chi connectivity index (χ2n) is 5.01. The first-order chi connectivity index (χ1) is 8.35. The highest BCUT2D eigenvalue weighted by Crippen LogP contribution is 2.32. The summed E-state index contributed by atoms with van der Waals surface area (Å²) in [6.45, 7) is 0.742. The molecule has 1 aliphatic rings. The number of halogens is 1. The molecule has 0 aliphatic heterocycles. The van der Waals surface area contributed by atoms with Crippen LogP contribution in [-0.4, -0.2) is 10.9 Å². The monoisotopic (exact) mass is 296 g/mol. The molecule has 2 rings (SSSR count). The van der Waals surface area contributed by atoms with Crippen LogP contribution in [0, 0.1) is 0 Å². The van der Waals surface area contributed by atoms with Crippen LogP contribution in [0.15, 0.2) is 30.3 Å². The van der Waals surface area contributed by atoms with E-state index in [9.17, 15) is 0 Å². The van der Waals surface area contributed by atoms with E-state index in [4.69, 9.17) is 4.74 Å². The number of benzene rings is 1. The van der Waals surface area contributed by atoms with Crippen molar-refractivity contribution >= 4 is 15.9 Å². The highest BCUT2D eigenvalue weighted by atomic mass is 79.9. The fourth-order valence-electron chi connectivity index (χ4n) is 2.50. The summed E-state index contributed by atoms with van der Waals surface area (Å²) >= 11 is 3.65. The Labute approximate surface area is 113 Å². The van der Waals surface area contributed by atoms with Gasteiger partial charge < -0.3 is 4.74 Å². The van der Waals surface area contributed by atoms with Crippen molar-refractivity contribution in [2.75, 3.05) is 5.33 Å². The summed E-state index contributed by atoms with van der Waals surface area (Å²) in [5, 5.41) is 0.965. The molecule has 1 nitrogen and oxygen atoms in total. The second-order valence-corrected chi connectivity index (χ2v) is 5.57. The van der Waals surface area contributed by atoms with E-state index < -0.39 is 0 Å². The van der Waals surface area contributed by atoms with E-state index in [-0.39, 0.29) is 5.60 Å². The van der Waals surface area contributed by atoms with Crippen LogP contribution >= 0.6 is 15.9 Å². The van der Waals surface area contributed by atoms with Crippen molar-refractivity contribution in [3.63, 3.8) is 0 Å². The van der Waals surface area contributed by atoms with Crippen molar-refractivity contribution in [1.29, 1.82) is 0 Å². The van der Waals surface area contributed by atoms with Gasteiger partial charge in [-0.3, -0.25) is 0 Å². The molecule has 0 unspecified atom stereocenters. The molecule has 1 aromatic rings. The molecule has 0 heterocycles. The van der Waals surface area contributed by atoms with Crippen molar-refractivity contribution < 1.29 is 4.74 Å². The van der Waals surface area contributed by atoms with Gasteiger partial charge in [0.25, 0.3) is 0 Å². The van der Waals surface area contributed by atoms with Crippen LogP contribution in [0.5, 0.6) is 0 Å². The van der Waals surface area contributed by atoms with Gasteiger partial charge in [0.15, 0.2) is 0 Å². The lowest BCUT2D eigenvalue weighted by atomic mass is 9.96. The normalized spacial score (nSPS) is 19.8. The zero-order valence-electron chi connectivity index (χ0n) is 10.3. The average molecular weight is 297 g/mol. The topological polar surface area (TPSA) is 9.23 Å². The molecule has 1 aromatic carbocycles. The van der Waals surface area contributed by atoms with E-state index in [1.807, 2.05) is 0 Å². The van der Waals surface area contributed by atoms with E-state index in [1.165, 1.54) is 44.1 Å². The molecule has 94 valence electrons. The molecule has 17 heavy (non-hydrogen) atoms. The Bertz CT molecular complexity index is 315. The Morgan fingerprint density at radius 3 is 2.24 bits per heavy atom. The van der Waals surface area contributed by atoms with E-state index in [2.05, 4.69) is 46.3 Å². The summed E-state index contributed by atoms with van der Waals surface area (Å²) in [5.41, 5.74) is 1.35. The quantitative estimate of drug-likeness (QED) is 0.578. The van der Waals surface area contributed by atoms with Crippen LogP contribution in [0.25, 0.3) is 0 Å². The summed E-state index contributed by atoms with van der Waals surface area (Å²) in [5.74, 6) is 0. The zero-order valence-corrected chi connectivity index (χ0v) is 11.9. The first-order valence-electron chi connectivity index (χ1n) is 6.58. The van der Waals surface area contributed by atoms with Gasteiger partial charge in [-0.05, 0) is 18.4 Å². The van der Waals surface area contributed by atoms with E-state index in [1.54, 1.807) is 0 Å². The minimum absolute atomic E-state index is 0.0757. The Morgan fingerprint density at radius 1 is 1.00 bits per heavy atom. The van der Waals surface area contributed by atoms with Gasteiger partial charge in [-0.1, -0.05) is 71.9 Å². The lowest BCUT2D eigenvalue weighted by Gasteiger charge is -2.31. The Hall–Kier alpha value is -0.340. The van der Waals surface area contributed by atoms with E-state index >= 15 is 0 Å². The molecule has 0 saturated heterocycles. The van der Waals surface area contributed by atoms with E-state index in [0.29, 0.717) is 0 Å². The maximum absolute atomic E-state index is 6.24. The third-order valence-corrected chi connectivity index (χ3v) is 4.67. The van der Waals surface area contributed by atoms with E-state index in [0.717, 1.165) is 11.9 Å². The Kier molecular flexibility index (Phi) is 5.05. The molecule has 0 spiro atoms. The summed E-state index contributed by atoms with van der Waals surface area (Å²) < 4.78 is 6.24. The van der Waals surface area contributed by atoms with Gasteiger partial charge in [-0.2, -0.15) is 0 Å². The predicted molar refractivity (Wildman–Crippen MR) is 75.5 cm³/mol. The first-order valence-corrected chi connectivity index (χ1v) is 7.71. The molecule has 0 bridgehead atoms. The van der Waals surface area contributed by atoms with Gasteiger partial charge in [-0.25, -0.2) is 0 Å².